The van der Waals surface area contributed by atoms with Gasteiger partial charge in [-0.15, -0.1) is 0 Å². The Morgan fingerprint density at radius 1 is 1.50 bits per heavy atom. The Hall–Kier alpha value is -0.380. The molecule has 1 saturated heterocycles. The second kappa shape index (κ2) is 4.86. The fourth-order valence-corrected chi connectivity index (χ4v) is 2.90. The zero-order valence-corrected chi connectivity index (χ0v) is 11.5. The van der Waals surface area contributed by atoms with E-state index in [0.29, 0.717) is 12.0 Å². The molecular formula is C13H19BrN2. The Labute approximate surface area is 106 Å². The van der Waals surface area contributed by atoms with Crippen LogP contribution in [0.5, 0.6) is 0 Å². The van der Waals surface area contributed by atoms with E-state index in [1.807, 2.05) is 0 Å². The Bertz CT molecular complexity index is 378. The predicted molar refractivity (Wildman–Crippen MR) is 71.4 cm³/mol. The van der Waals surface area contributed by atoms with Crippen LogP contribution >= 0.6 is 15.9 Å². The van der Waals surface area contributed by atoms with Crippen LogP contribution in [0.25, 0.3) is 0 Å². The van der Waals surface area contributed by atoms with Gasteiger partial charge in [-0.3, -0.25) is 4.90 Å². The molecule has 0 bridgehead atoms. The van der Waals surface area contributed by atoms with Crippen molar-refractivity contribution in [2.45, 2.75) is 19.4 Å². The zero-order chi connectivity index (χ0) is 11.7. The second-order valence-electron chi connectivity index (χ2n) is 4.72. The molecule has 1 fully saturated rings. The highest BCUT2D eigenvalue weighted by Crippen LogP contribution is 2.36. The number of benzene rings is 1. The summed E-state index contributed by atoms with van der Waals surface area (Å²) in [7, 11) is 2.19. The van der Waals surface area contributed by atoms with Crippen molar-refractivity contribution in [3.05, 3.63) is 33.8 Å². The maximum absolute atomic E-state index is 5.86. The zero-order valence-electron chi connectivity index (χ0n) is 9.91. The first kappa shape index (κ1) is 12.1. The van der Waals surface area contributed by atoms with Crippen molar-refractivity contribution in [1.29, 1.82) is 0 Å². The van der Waals surface area contributed by atoms with Gasteiger partial charge in [0, 0.05) is 10.5 Å². The van der Waals surface area contributed by atoms with Gasteiger partial charge in [0.05, 0.1) is 0 Å². The lowest BCUT2D eigenvalue weighted by molar-refractivity contribution is 0.279. The van der Waals surface area contributed by atoms with E-state index in [1.54, 1.807) is 0 Å². The van der Waals surface area contributed by atoms with Crippen LogP contribution in [0.3, 0.4) is 0 Å². The van der Waals surface area contributed by atoms with Crippen molar-refractivity contribution >= 4 is 15.9 Å². The molecule has 1 heterocycles. The van der Waals surface area contributed by atoms with Gasteiger partial charge in [-0.1, -0.05) is 28.1 Å². The Kier molecular flexibility index (Phi) is 3.67. The van der Waals surface area contributed by atoms with Crippen molar-refractivity contribution in [3.8, 4) is 0 Å². The SMILES string of the molecule is Cc1cc(C2C(CN)CCN2C)ccc1Br. The molecule has 16 heavy (non-hydrogen) atoms. The number of rotatable bonds is 2. The summed E-state index contributed by atoms with van der Waals surface area (Å²) in [6, 6.07) is 7.13. The summed E-state index contributed by atoms with van der Waals surface area (Å²) in [6.07, 6.45) is 1.22. The number of nitrogens with zero attached hydrogens (tertiary/aromatic N) is 1. The van der Waals surface area contributed by atoms with Gasteiger partial charge in [-0.05, 0) is 56.6 Å². The van der Waals surface area contributed by atoms with Crippen molar-refractivity contribution in [3.63, 3.8) is 0 Å². The van der Waals surface area contributed by atoms with Crippen LogP contribution in [-0.4, -0.2) is 25.0 Å². The van der Waals surface area contributed by atoms with E-state index >= 15 is 0 Å². The van der Waals surface area contributed by atoms with E-state index in [0.717, 1.165) is 13.1 Å². The molecule has 2 unspecified atom stereocenters. The van der Waals surface area contributed by atoms with E-state index in [4.69, 9.17) is 5.73 Å². The lowest BCUT2D eigenvalue weighted by Gasteiger charge is -2.25. The molecule has 2 nitrogen and oxygen atoms in total. The molecule has 2 rings (SSSR count). The minimum Gasteiger partial charge on any atom is -0.330 e. The number of hydrogen-bond acceptors (Lipinski definition) is 2. The highest BCUT2D eigenvalue weighted by atomic mass is 79.9. The van der Waals surface area contributed by atoms with Gasteiger partial charge in [0.15, 0.2) is 0 Å². The average Bonchev–Trinajstić information content (AvgIpc) is 2.64. The average molecular weight is 283 g/mol. The monoisotopic (exact) mass is 282 g/mol. The van der Waals surface area contributed by atoms with E-state index < -0.39 is 0 Å². The topological polar surface area (TPSA) is 29.3 Å². The van der Waals surface area contributed by atoms with Gasteiger partial charge in [-0.25, -0.2) is 0 Å². The molecule has 1 aliphatic rings. The first-order valence-corrected chi connectivity index (χ1v) is 6.59. The first-order chi connectivity index (χ1) is 7.63. The molecule has 3 heteroatoms. The molecule has 0 amide bonds. The summed E-state index contributed by atoms with van der Waals surface area (Å²) >= 11 is 3.55. The molecular weight excluding hydrogens is 264 g/mol. The molecule has 1 aliphatic heterocycles. The van der Waals surface area contributed by atoms with E-state index in [9.17, 15) is 0 Å². The number of nitrogens with two attached hydrogens (primary N) is 1. The standard InChI is InChI=1S/C13H19BrN2/c1-9-7-10(3-4-12(9)14)13-11(8-15)5-6-16(13)2/h3-4,7,11,13H,5-6,8,15H2,1-2H3. The van der Waals surface area contributed by atoms with Gasteiger partial charge in [0.25, 0.3) is 0 Å². The molecule has 2 N–H and O–H groups in total. The highest BCUT2D eigenvalue weighted by molar-refractivity contribution is 9.10. The van der Waals surface area contributed by atoms with Gasteiger partial charge < -0.3 is 5.73 Å². The van der Waals surface area contributed by atoms with Crippen molar-refractivity contribution in [2.75, 3.05) is 20.1 Å². The highest BCUT2D eigenvalue weighted by Gasteiger charge is 2.31. The fraction of sp³-hybridized carbons (Fsp3) is 0.538. The number of aryl methyl sites for hydroxylation is 1. The van der Waals surface area contributed by atoms with Crippen LogP contribution in [0.1, 0.15) is 23.6 Å². The third-order valence-electron chi connectivity index (χ3n) is 3.60. The predicted octanol–water partition coefficient (Wildman–Crippen LogP) is 2.71. The molecule has 1 aromatic rings. The van der Waals surface area contributed by atoms with E-state index in [2.05, 4.69) is 53.0 Å². The Balaban J connectivity index is 2.31. The van der Waals surface area contributed by atoms with Crippen molar-refractivity contribution in [2.24, 2.45) is 11.7 Å². The quantitative estimate of drug-likeness (QED) is 0.904. The molecule has 0 radical (unpaired) electrons. The Morgan fingerprint density at radius 2 is 2.25 bits per heavy atom. The fourth-order valence-electron chi connectivity index (χ4n) is 2.65. The number of likely N-dealkylation sites (tertiary alicyclic amines) is 1. The summed E-state index contributed by atoms with van der Waals surface area (Å²) < 4.78 is 1.18. The van der Waals surface area contributed by atoms with Gasteiger partial charge >= 0.3 is 0 Å². The summed E-state index contributed by atoms with van der Waals surface area (Å²) in [4.78, 5) is 2.42. The van der Waals surface area contributed by atoms with Crippen LogP contribution in [0, 0.1) is 12.8 Å². The van der Waals surface area contributed by atoms with E-state index in [1.165, 1.54) is 22.0 Å². The lowest BCUT2D eigenvalue weighted by atomic mass is 9.93. The van der Waals surface area contributed by atoms with Crippen LogP contribution in [0.15, 0.2) is 22.7 Å². The molecule has 88 valence electrons. The normalized spacial score (nSPS) is 26.2. The minimum atomic E-state index is 0.497. The largest absolute Gasteiger partial charge is 0.330 e. The molecule has 1 aromatic carbocycles. The molecule has 0 aromatic heterocycles. The minimum absolute atomic E-state index is 0.497. The maximum atomic E-state index is 5.86. The van der Waals surface area contributed by atoms with Gasteiger partial charge in [-0.2, -0.15) is 0 Å². The van der Waals surface area contributed by atoms with E-state index in [-0.39, 0.29) is 0 Å². The first-order valence-electron chi connectivity index (χ1n) is 5.80. The van der Waals surface area contributed by atoms with Crippen molar-refractivity contribution in [1.82, 2.24) is 4.90 Å². The second-order valence-corrected chi connectivity index (χ2v) is 5.57. The smallest absolute Gasteiger partial charge is 0.0385 e. The van der Waals surface area contributed by atoms with Crippen molar-refractivity contribution < 1.29 is 0 Å². The summed E-state index contributed by atoms with van der Waals surface area (Å²) in [6.45, 7) is 4.08. The maximum Gasteiger partial charge on any atom is 0.0385 e. The number of halogens is 1. The van der Waals surface area contributed by atoms with Crippen LogP contribution in [0.2, 0.25) is 0 Å². The summed E-state index contributed by atoms with van der Waals surface area (Å²) in [5, 5.41) is 0. The molecule has 2 atom stereocenters. The number of hydrogen-bond donors (Lipinski definition) is 1. The molecule has 0 spiro atoms. The van der Waals surface area contributed by atoms with Crippen LogP contribution < -0.4 is 5.73 Å². The molecule has 0 saturated carbocycles. The summed E-state index contributed by atoms with van der Waals surface area (Å²) in [5.74, 6) is 0.602. The third kappa shape index (κ3) is 2.17. The van der Waals surface area contributed by atoms with Crippen LogP contribution in [-0.2, 0) is 0 Å². The molecule has 0 aliphatic carbocycles. The van der Waals surface area contributed by atoms with Crippen LogP contribution in [0.4, 0.5) is 0 Å². The van der Waals surface area contributed by atoms with Gasteiger partial charge in [0.2, 0.25) is 0 Å². The summed E-state index contributed by atoms with van der Waals surface area (Å²) in [5.41, 5.74) is 8.55. The Morgan fingerprint density at radius 3 is 2.88 bits per heavy atom. The third-order valence-corrected chi connectivity index (χ3v) is 4.49. The van der Waals surface area contributed by atoms with Gasteiger partial charge in [0.1, 0.15) is 0 Å². The lowest BCUT2D eigenvalue weighted by Crippen LogP contribution is -2.25.